The smallest absolute Gasteiger partial charge is 0.335 e. The lowest BCUT2D eigenvalue weighted by atomic mass is 9.89. The fraction of sp³-hybridized carbons (Fsp3) is 0.233. The molecule has 0 spiro atoms. The van der Waals surface area contributed by atoms with Crippen LogP contribution in [0.25, 0.3) is 11.6 Å². The molecule has 3 aromatic carbocycles. The van der Waals surface area contributed by atoms with Crippen LogP contribution in [0.3, 0.4) is 0 Å². The van der Waals surface area contributed by atoms with Gasteiger partial charge in [0.15, 0.2) is 0 Å². The standard InChI is InChI=1S/C30H30N2O5S/c1-22-25(30(33)34)11-12-28-29(22)27(26-10-6-5-9-24(26)21-37-28)13-15-31-16-18-32(19-17-31)38(35,36)20-14-23-7-3-2-4-8-23/h2-14,20H,15-19,21H2,1H3,(H,33,34)/b20-14?,27-13+. The third kappa shape index (κ3) is 5.43. The van der Waals surface area contributed by atoms with Crippen molar-refractivity contribution in [3.05, 3.63) is 112 Å². The van der Waals surface area contributed by atoms with E-state index in [1.54, 1.807) is 18.2 Å². The van der Waals surface area contributed by atoms with E-state index in [1.165, 1.54) is 9.71 Å². The Kier molecular flexibility index (Phi) is 7.46. The van der Waals surface area contributed by atoms with E-state index in [4.69, 9.17) is 4.74 Å². The molecule has 1 N–H and O–H groups in total. The second kappa shape index (κ2) is 10.9. The highest BCUT2D eigenvalue weighted by Gasteiger charge is 2.26. The van der Waals surface area contributed by atoms with E-state index in [-0.39, 0.29) is 5.56 Å². The molecule has 7 nitrogen and oxygen atoms in total. The van der Waals surface area contributed by atoms with Gasteiger partial charge in [-0.1, -0.05) is 60.7 Å². The molecule has 0 saturated carbocycles. The Balaban J connectivity index is 1.36. The Morgan fingerprint density at radius 3 is 2.42 bits per heavy atom. The van der Waals surface area contributed by atoms with Gasteiger partial charge in [-0.3, -0.25) is 4.90 Å². The number of carboxylic acids is 1. The second-order valence-electron chi connectivity index (χ2n) is 9.44. The predicted octanol–water partition coefficient (Wildman–Crippen LogP) is 4.64. The lowest BCUT2D eigenvalue weighted by Crippen LogP contribution is -2.48. The molecule has 0 aromatic heterocycles. The monoisotopic (exact) mass is 530 g/mol. The molecular formula is C30H30N2O5S. The summed E-state index contributed by atoms with van der Waals surface area (Å²) in [5, 5.41) is 11.0. The van der Waals surface area contributed by atoms with E-state index < -0.39 is 16.0 Å². The van der Waals surface area contributed by atoms with Crippen molar-refractivity contribution in [2.24, 2.45) is 0 Å². The lowest BCUT2D eigenvalue weighted by molar-refractivity contribution is 0.0696. The summed E-state index contributed by atoms with van der Waals surface area (Å²) < 4.78 is 33.3. The second-order valence-corrected chi connectivity index (χ2v) is 11.3. The minimum Gasteiger partial charge on any atom is -0.488 e. The van der Waals surface area contributed by atoms with Crippen molar-refractivity contribution >= 4 is 27.6 Å². The van der Waals surface area contributed by atoms with E-state index in [2.05, 4.69) is 11.0 Å². The van der Waals surface area contributed by atoms with Crippen LogP contribution in [0.15, 0.2) is 78.2 Å². The number of sulfonamides is 1. The fourth-order valence-corrected chi connectivity index (χ4v) is 6.16. The average molecular weight is 531 g/mol. The highest BCUT2D eigenvalue weighted by Crippen LogP contribution is 2.40. The largest absolute Gasteiger partial charge is 0.488 e. The van der Waals surface area contributed by atoms with Gasteiger partial charge in [-0.05, 0) is 53.0 Å². The van der Waals surface area contributed by atoms with Crippen LogP contribution in [0.5, 0.6) is 5.75 Å². The topological polar surface area (TPSA) is 87.2 Å². The molecule has 0 radical (unpaired) electrons. The van der Waals surface area contributed by atoms with E-state index >= 15 is 0 Å². The minimum atomic E-state index is -3.51. The summed E-state index contributed by atoms with van der Waals surface area (Å²) in [6, 6.07) is 20.7. The first-order chi connectivity index (χ1) is 18.3. The van der Waals surface area contributed by atoms with Crippen molar-refractivity contribution in [3.63, 3.8) is 0 Å². The molecule has 0 atom stereocenters. The van der Waals surface area contributed by atoms with Crippen LogP contribution in [0.4, 0.5) is 0 Å². The van der Waals surface area contributed by atoms with Gasteiger partial charge in [-0.25, -0.2) is 13.2 Å². The van der Waals surface area contributed by atoms with Gasteiger partial charge in [-0.2, -0.15) is 4.31 Å². The molecule has 196 valence electrons. The van der Waals surface area contributed by atoms with Crippen molar-refractivity contribution in [3.8, 4) is 5.75 Å². The molecule has 1 saturated heterocycles. The normalized spacial score (nSPS) is 17.6. The first-order valence-corrected chi connectivity index (χ1v) is 14.1. The number of piperazine rings is 1. The number of hydrogen-bond acceptors (Lipinski definition) is 5. The van der Waals surface area contributed by atoms with Crippen molar-refractivity contribution < 1.29 is 23.1 Å². The molecule has 0 aliphatic carbocycles. The van der Waals surface area contributed by atoms with Crippen molar-refractivity contribution in [2.75, 3.05) is 32.7 Å². The summed E-state index contributed by atoms with van der Waals surface area (Å²) >= 11 is 0. The Morgan fingerprint density at radius 1 is 0.974 bits per heavy atom. The molecule has 0 amide bonds. The van der Waals surface area contributed by atoms with Crippen LogP contribution >= 0.6 is 0 Å². The Hall–Kier alpha value is -3.72. The van der Waals surface area contributed by atoms with E-state index in [9.17, 15) is 18.3 Å². The maximum Gasteiger partial charge on any atom is 0.335 e. The van der Waals surface area contributed by atoms with Gasteiger partial charge in [-0.15, -0.1) is 0 Å². The van der Waals surface area contributed by atoms with E-state index in [0.717, 1.165) is 27.8 Å². The highest BCUT2D eigenvalue weighted by atomic mass is 32.2. The number of fused-ring (bicyclic) bond motifs is 2. The molecule has 5 rings (SSSR count). The molecule has 38 heavy (non-hydrogen) atoms. The fourth-order valence-electron chi connectivity index (χ4n) is 4.99. The molecular weight excluding hydrogens is 500 g/mol. The molecule has 2 aliphatic rings. The third-order valence-electron chi connectivity index (χ3n) is 7.09. The number of aromatic carboxylic acids is 1. The molecule has 1 fully saturated rings. The number of hydrogen-bond donors (Lipinski definition) is 1. The number of benzene rings is 3. The number of rotatable bonds is 6. The number of carbonyl (C=O) groups is 1. The van der Waals surface area contributed by atoms with Gasteiger partial charge >= 0.3 is 5.97 Å². The molecule has 2 heterocycles. The van der Waals surface area contributed by atoms with Gasteiger partial charge in [0, 0.05) is 43.7 Å². The predicted molar refractivity (Wildman–Crippen MR) is 148 cm³/mol. The molecule has 8 heteroatoms. The Bertz CT molecular complexity index is 1500. The third-order valence-corrected chi connectivity index (χ3v) is 8.66. The van der Waals surface area contributed by atoms with Crippen LogP contribution in [-0.4, -0.2) is 61.4 Å². The average Bonchev–Trinajstić information content (AvgIpc) is 3.09. The maximum absolute atomic E-state index is 12.9. The SMILES string of the molecule is Cc1c(C(=O)O)ccc2c1/C(=C/CN1CCN(S(=O)(=O)C=Cc3ccccc3)CC1)c1ccccc1CO2. The number of carboxylic acid groups (broad SMARTS) is 1. The van der Waals surface area contributed by atoms with Crippen LogP contribution in [0.1, 0.15) is 38.2 Å². The highest BCUT2D eigenvalue weighted by molar-refractivity contribution is 7.92. The van der Waals surface area contributed by atoms with Gasteiger partial charge in [0.25, 0.3) is 0 Å². The van der Waals surface area contributed by atoms with Gasteiger partial charge in [0.1, 0.15) is 12.4 Å². The lowest BCUT2D eigenvalue weighted by Gasteiger charge is -2.32. The van der Waals surface area contributed by atoms with Crippen LogP contribution in [-0.2, 0) is 16.6 Å². The van der Waals surface area contributed by atoms with Crippen molar-refractivity contribution in [1.82, 2.24) is 9.21 Å². The summed E-state index contributed by atoms with van der Waals surface area (Å²) in [4.78, 5) is 14.1. The van der Waals surface area contributed by atoms with Crippen LogP contribution in [0.2, 0.25) is 0 Å². The first kappa shape index (κ1) is 25.9. The minimum absolute atomic E-state index is 0.250. The Morgan fingerprint density at radius 2 is 1.68 bits per heavy atom. The zero-order valence-electron chi connectivity index (χ0n) is 21.2. The zero-order valence-corrected chi connectivity index (χ0v) is 22.0. The number of ether oxygens (including phenoxy) is 1. The summed E-state index contributed by atoms with van der Waals surface area (Å²) in [5.74, 6) is -0.308. The van der Waals surface area contributed by atoms with Gasteiger partial charge in [0.05, 0.1) is 5.56 Å². The van der Waals surface area contributed by atoms with E-state index in [0.29, 0.717) is 50.6 Å². The van der Waals surface area contributed by atoms with Gasteiger partial charge in [0.2, 0.25) is 10.0 Å². The summed E-state index contributed by atoms with van der Waals surface area (Å²) in [6.07, 6.45) is 3.74. The summed E-state index contributed by atoms with van der Waals surface area (Å²) in [7, 11) is -3.51. The first-order valence-electron chi connectivity index (χ1n) is 12.6. The van der Waals surface area contributed by atoms with Gasteiger partial charge < -0.3 is 9.84 Å². The Labute approximate surface area is 223 Å². The summed E-state index contributed by atoms with van der Waals surface area (Å²) in [6.45, 7) is 4.84. The zero-order chi connectivity index (χ0) is 26.7. The molecule has 2 aliphatic heterocycles. The molecule has 3 aromatic rings. The van der Waals surface area contributed by atoms with Crippen molar-refractivity contribution in [2.45, 2.75) is 13.5 Å². The molecule has 0 bridgehead atoms. The van der Waals surface area contributed by atoms with Crippen LogP contribution in [0, 0.1) is 6.92 Å². The molecule has 0 unspecified atom stereocenters. The number of nitrogens with zero attached hydrogens (tertiary/aromatic N) is 2. The van der Waals surface area contributed by atoms with E-state index in [1.807, 2.05) is 61.5 Å². The maximum atomic E-state index is 12.9. The van der Waals surface area contributed by atoms with Crippen molar-refractivity contribution in [1.29, 1.82) is 0 Å². The quantitative estimate of drug-likeness (QED) is 0.500. The van der Waals surface area contributed by atoms with Crippen LogP contribution < -0.4 is 4.74 Å². The summed E-state index contributed by atoms with van der Waals surface area (Å²) in [5.41, 5.74) is 5.54.